The first-order valence-electron chi connectivity index (χ1n) is 6.60. The van der Waals surface area contributed by atoms with E-state index in [0.29, 0.717) is 11.4 Å². The Bertz CT molecular complexity index is 530. The molecule has 0 bridgehead atoms. The molecule has 1 aliphatic heterocycles. The van der Waals surface area contributed by atoms with Crippen LogP contribution in [0, 0.1) is 0 Å². The number of anilines is 1. The molecule has 0 spiro atoms. The summed E-state index contributed by atoms with van der Waals surface area (Å²) in [6, 6.07) is 5.41. The molecule has 1 aliphatic rings. The summed E-state index contributed by atoms with van der Waals surface area (Å²) in [6.45, 7) is 1.92. The Kier molecular flexibility index (Phi) is 4.24. The summed E-state index contributed by atoms with van der Waals surface area (Å²) in [4.78, 5) is 24.9. The predicted molar refractivity (Wildman–Crippen MR) is 75.6 cm³/mol. The van der Waals surface area contributed by atoms with Crippen molar-refractivity contribution in [1.82, 2.24) is 5.32 Å². The molecule has 1 aromatic carbocycles. The molecule has 0 saturated heterocycles. The lowest BCUT2D eigenvalue weighted by atomic mass is 10.0. The topological polar surface area (TPSA) is 84.7 Å². The van der Waals surface area contributed by atoms with E-state index in [1.54, 1.807) is 6.07 Å². The van der Waals surface area contributed by atoms with Crippen LogP contribution >= 0.6 is 0 Å². The molecule has 2 rings (SSSR count). The zero-order chi connectivity index (χ0) is 14.7. The molecule has 108 valence electrons. The summed E-state index contributed by atoms with van der Waals surface area (Å²) in [5.41, 5.74) is 7.54. The molecule has 6 heteroatoms. The second-order valence-corrected chi connectivity index (χ2v) is 4.68. The van der Waals surface area contributed by atoms with Crippen LogP contribution in [0.5, 0.6) is 5.75 Å². The van der Waals surface area contributed by atoms with E-state index in [0.717, 1.165) is 12.0 Å². The molecule has 0 saturated carbocycles. The SMILES string of the molecule is CCC(N)c1ccc2c(c1)N(CC(=O)NC)C(=O)CO2. The quantitative estimate of drug-likeness (QED) is 0.842. The third-order valence-electron chi connectivity index (χ3n) is 3.37. The van der Waals surface area contributed by atoms with E-state index in [4.69, 9.17) is 10.5 Å². The Morgan fingerprint density at radius 3 is 2.95 bits per heavy atom. The number of rotatable bonds is 4. The van der Waals surface area contributed by atoms with Gasteiger partial charge in [0.05, 0.1) is 5.69 Å². The van der Waals surface area contributed by atoms with Crippen molar-refractivity contribution in [3.63, 3.8) is 0 Å². The van der Waals surface area contributed by atoms with Crippen LogP contribution in [0.1, 0.15) is 24.9 Å². The summed E-state index contributed by atoms with van der Waals surface area (Å²) in [5.74, 6) is 0.139. The van der Waals surface area contributed by atoms with Crippen molar-refractivity contribution >= 4 is 17.5 Å². The minimum atomic E-state index is -0.233. The first-order chi connectivity index (χ1) is 9.56. The monoisotopic (exact) mass is 277 g/mol. The Hall–Kier alpha value is -2.08. The number of hydrogen-bond acceptors (Lipinski definition) is 4. The number of carbonyl (C=O) groups excluding carboxylic acids is 2. The lowest BCUT2D eigenvalue weighted by Gasteiger charge is -2.29. The van der Waals surface area contributed by atoms with Crippen molar-refractivity contribution in [3.8, 4) is 5.75 Å². The molecular formula is C14H19N3O3. The number of fused-ring (bicyclic) bond motifs is 1. The van der Waals surface area contributed by atoms with E-state index < -0.39 is 0 Å². The second kappa shape index (κ2) is 5.92. The average molecular weight is 277 g/mol. The van der Waals surface area contributed by atoms with Gasteiger partial charge in [0, 0.05) is 13.1 Å². The molecule has 0 radical (unpaired) electrons. The van der Waals surface area contributed by atoms with Crippen LogP contribution in [-0.2, 0) is 9.59 Å². The molecule has 0 fully saturated rings. The van der Waals surface area contributed by atoms with Crippen molar-refractivity contribution < 1.29 is 14.3 Å². The van der Waals surface area contributed by atoms with Crippen LogP contribution in [0.4, 0.5) is 5.69 Å². The van der Waals surface area contributed by atoms with Crippen LogP contribution in [0.15, 0.2) is 18.2 Å². The van der Waals surface area contributed by atoms with Crippen LogP contribution < -0.4 is 20.7 Å². The maximum atomic E-state index is 11.9. The van der Waals surface area contributed by atoms with Crippen molar-refractivity contribution in [2.75, 3.05) is 25.1 Å². The highest BCUT2D eigenvalue weighted by atomic mass is 16.5. The fraction of sp³-hybridized carbons (Fsp3) is 0.429. The van der Waals surface area contributed by atoms with Gasteiger partial charge in [0.25, 0.3) is 5.91 Å². The number of likely N-dealkylation sites (N-methyl/N-ethyl adjacent to an activating group) is 1. The van der Waals surface area contributed by atoms with Crippen molar-refractivity contribution in [3.05, 3.63) is 23.8 Å². The zero-order valence-electron chi connectivity index (χ0n) is 11.7. The van der Waals surface area contributed by atoms with Crippen molar-refractivity contribution in [2.24, 2.45) is 5.73 Å². The van der Waals surface area contributed by atoms with Gasteiger partial charge in [-0.15, -0.1) is 0 Å². The highest BCUT2D eigenvalue weighted by Crippen LogP contribution is 2.34. The summed E-state index contributed by atoms with van der Waals surface area (Å²) in [5, 5.41) is 2.51. The summed E-state index contributed by atoms with van der Waals surface area (Å²) < 4.78 is 5.39. The first-order valence-corrected chi connectivity index (χ1v) is 6.60. The van der Waals surface area contributed by atoms with Gasteiger partial charge in [-0.2, -0.15) is 0 Å². The largest absolute Gasteiger partial charge is 0.482 e. The molecule has 0 aliphatic carbocycles. The number of nitrogens with two attached hydrogens (primary N) is 1. The highest BCUT2D eigenvalue weighted by molar-refractivity contribution is 6.02. The maximum absolute atomic E-state index is 11.9. The zero-order valence-corrected chi connectivity index (χ0v) is 11.7. The van der Waals surface area contributed by atoms with Gasteiger partial charge < -0.3 is 15.8 Å². The molecule has 1 atom stereocenters. The summed E-state index contributed by atoms with van der Waals surface area (Å²) >= 11 is 0. The molecule has 6 nitrogen and oxygen atoms in total. The fourth-order valence-electron chi connectivity index (χ4n) is 2.08. The van der Waals surface area contributed by atoms with E-state index >= 15 is 0 Å². The Balaban J connectivity index is 2.36. The highest BCUT2D eigenvalue weighted by Gasteiger charge is 2.27. The molecule has 1 heterocycles. The van der Waals surface area contributed by atoms with Gasteiger partial charge in [0.1, 0.15) is 12.3 Å². The van der Waals surface area contributed by atoms with Gasteiger partial charge >= 0.3 is 0 Å². The Morgan fingerprint density at radius 1 is 1.55 bits per heavy atom. The smallest absolute Gasteiger partial charge is 0.265 e. The number of ether oxygens (including phenoxy) is 1. The van der Waals surface area contributed by atoms with Gasteiger partial charge in [-0.05, 0) is 24.1 Å². The number of carbonyl (C=O) groups is 2. The molecule has 1 aromatic rings. The molecule has 3 N–H and O–H groups in total. The van der Waals surface area contributed by atoms with E-state index in [-0.39, 0.29) is 31.0 Å². The molecule has 2 amide bonds. The van der Waals surface area contributed by atoms with Crippen LogP contribution in [0.25, 0.3) is 0 Å². The predicted octanol–water partition coefficient (Wildman–Crippen LogP) is 0.568. The maximum Gasteiger partial charge on any atom is 0.265 e. The van der Waals surface area contributed by atoms with Crippen LogP contribution in [0.2, 0.25) is 0 Å². The Labute approximate surface area is 117 Å². The van der Waals surface area contributed by atoms with Crippen molar-refractivity contribution in [2.45, 2.75) is 19.4 Å². The third kappa shape index (κ3) is 2.75. The number of nitrogens with zero attached hydrogens (tertiary/aromatic N) is 1. The van der Waals surface area contributed by atoms with E-state index in [1.807, 2.05) is 19.1 Å². The van der Waals surface area contributed by atoms with Gasteiger partial charge in [-0.3, -0.25) is 14.5 Å². The number of nitrogens with one attached hydrogen (secondary N) is 1. The van der Waals surface area contributed by atoms with Gasteiger partial charge in [-0.1, -0.05) is 13.0 Å². The second-order valence-electron chi connectivity index (χ2n) is 4.68. The molecule has 0 aromatic heterocycles. The van der Waals surface area contributed by atoms with Gasteiger partial charge in [-0.25, -0.2) is 0 Å². The standard InChI is InChI=1S/C14H19N3O3/c1-3-10(15)9-4-5-12-11(6-9)17(7-13(18)16-2)14(19)8-20-12/h4-6,10H,3,7-8,15H2,1-2H3,(H,16,18). The average Bonchev–Trinajstić information content (AvgIpc) is 2.48. The molecular weight excluding hydrogens is 258 g/mol. The Morgan fingerprint density at radius 2 is 2.30 bits per heavy atom. The van der Waals surface area contributed by atoms with E-state index in [9.17, 15) is 9.59 Å². The normalized spacial score (nSPS) is 15.3. The lowest BCUT2D eigenvalue weighted by Crippen LogP contribution is -2.44. The minimum Gasteiger partial charge on any atom is -0.482 e. The fourth-order valence-corrected chi connectivity index (χ4v) is 2.08. The van der Waals surface area contributed by atoms with E-state index in [2.05, 4.69) is 5.32 Å². The molecule has 20 heavy (non-hydrogen) atoms. The van der Waals surface area contributed by atoms with Crippen molar-refractivity contribution in [1.29, 1.82) is 0 Å². The molecule has 1 unspecified atom stereocenters. The van der Waals surface area contributed by atoms with Crippen LogP contribution in [0.3, 0.4) is 0 Å². The van der Waals surface area contributed by atoms with Gasteiger partial charge in [0.15, 0.2) is 6.61 Å². The summed E-state index contributed by atoms with van der Waals surface area (Å²) in [6.07, 6.45) is 0.795. The minimum absolute atomic E-state index is 0.0174. The van der Waals surface area contributed by atoms with E-state index in [1.165, 1.54) is 11.9 Å². The summed E-state index contributed by atoms with van der Waals surface area (Å²) in [7, 11) is 1.54. The van der Waals surface area contributed by atoms with Gasteiger partial charge in [0.2, 0.25) is 5.91 Å². The number of amides is 2. The number of hydrogen-bond donors (Lipinski definition) is 2. The third-order valence-corrected chi connectivity index (χ3v) is 3.37. The first kappa shape index (κ1) is 14.3. The van der Waals surface area contributed by atoms with Crippen LogP contribution in [-0.4, -0.2) is 32.0 Å². The number of benzene rings is 1. The lowest BCUT2D eigenvalue weighted by molar-refractivity contribution is -0.125.